The van der Waals surface area contributed by atoms with Crippen molar-refractivity contribution in [2.75, 3.05) is 12.0 Å². The number of aromatic nitrogens is 3. The summed E-state index contributed by atoms with van der Waals surface area (Å²) < 4.78 is 14.8. The lowest BCUT2D eigenvalue weighted by Crippen LogP contribution is -2.16. The SMILES string of the molecule is CCOc1cc(CNn2c(-c3ccccc3)n[nH]c2=S)cc(Br)c1OC(C)C. The van der Waals surface area contributed by atoms with E-state index < -0.39 is 0 Å². The molecule has 0 saturated heterocycles. The van der Waals surface area contributed by atoms with Gasteiger partial charge in [-0.2, -0.15) is 5.10 Å². The molecular formula is C20H23BrN4O2S. The summed E-state index contributed by atoms with van der Waals surface area (Å²) in [5, 5.41) is 7.18. The van der Waals surface area contributed by atoms with Gasteiger partial charge in [-0.25, -0.2) is 9.77 Å². The van der Waals surface area contributed by atoms with Crippen LogP contribution in [-0.2, 0) is 6.54 Å². The Hall–Kier alpha value is -2.32. The van der Waals surface area contributed by atoms with E-state index in [2.05, 4.69) is 31.6 Å². The highest BCUT2D eigenvalue weighted by molar-refractivity contribution is 9.10. The normalized spacial score (nSPS) is 10.9. The van der Waals surface area contributed by atoms with Crippen molar-refractivity contribution in [2.45, 2.75) is 33.4 Å². The fraction of sp³-hybridized carbons (Fsp3) is 0.300. The van der Waals surface area contributed by atoms with E-state index in [4.69, 9.17) is 21.7 Å². The fourth-order valence-corrected chi connectivity index (χ4v) is 3.51. The van der Waals surface area contributed by atoms with E-state index in [1.54, 1.807) is 4.68 Å². The molecule has 0 amide bonds. The third kappa shape index (κ3) is 4.74. The van der Waals surface area contributed by atoms with Crippen LogP contribution in [0, 0.1) is 4.77 Å². The second-order valence-corrected chi connectivity index (χ2v) is 7.63. The molecule has 0 unspecified atom stereocenters. The van der Waals surface area contributed by atoms with Gasteiger partial charge >= 0.3 is 0 Å². The summed E-state index contributed by atoms with van der Waals surface area (Å²) in [6, 6.07) is 13.9. The van der Waals surface area contributed by atoms with Gasteiger partial charge in [0.2, 0.25) is 4.77 Å². The quantitative estimate of drug-likeness (QED) is 0.444. The molecule has 3 aromatic rings. The molecule has 1 heterocycles. The summed E-state index contributed by atoms with van der Waals surface area (Å²) >= 11 is 8.98. The molecule has 0 fully saturated rings. The van der Waals surface area contributed by atoms with Crippen molar-refractivity contribution in [3.8, 4) is 22.9 Å². The van der Waals surface area contributed by atoms with E-state index in [1.165, 1.54) is 0 Å². The first-order valence-electron chi connectivity index (χ1n) is 9.08. The number of rotatable bonds is 8. The minimum atomic E-state index is 0.0529. The van der Waals surface area contributed by atoms with E-state index in [0.29, 0.717) is 29.4 Å². The Balaban J connectivity index is 1.86. The minimum absolute atomic E-state index is 0.0529. The molecule has 0 radical (unpaired) electrons. The molecule has 0 aliphatic heterocycles. The number of nitrogens with zero attached hydrogens (tertiary/aromatic N) is 2. The number of halogens is 1. The van der Waals surface area contributed by atoms with Gasteiger partial charge < -0.3 is 14.9 Å². The zero-order valence-corrected chi connectivity index (χ0v) is 18.4. The second-order valence-electron chi connectivity index (χ2n) is 6.39. The smallest absolute Gasteiger partial charge is 0.214 e. The summed E-state index contributed by atoms with van der Waals surface area (Å²) in [4.78, 5) is 0. The third-order valence-electron chi connectivity index (χ3n) is 3.87. The van der Waals surface area contributed by atoms with Gasteiger partial charge in [0.15, 0.2) is 17.3 Å². The molecule has 0 saturated carbocycles. The molecule has 2 aromatic carbocycles. The summed E-state index contributed by atoms with van der Waals surface area (Å²) in [6.07, 6.45) is 0.0529. The Labute approximate surface area is 178 Å². The Morgan fingerprint density at radius 3 is 2.68 bits per heavy atom. The van der Waals surface area contributed by atoms with Crippen LogP contribution in [0.5, 0.6) is 11.5 Å². The molecule has 0 aliphatic rings. The van der Waals surface area contributed by atoms with E-state index in [-0.39, 0.29) is 6.10 Å². The van der Waals surface area contributed by atoms with Crippen LogP contribution in [0.15, 0.2) is 46.9 Å². The number of ether oxygens (including phenoxy) is 2. The van der Waals surface area contributed by atoms with Crippen molar-refractivity contribution >= 4 is 28.1 Å². The van der Waals surface area contributed by atoms with Gasteiger partial charge in [-0.1, -0.05) is 30.3 Å². The maximum absolute atomic E-state index is 5.90. The first-order valence-corrected chi connectivity index (χ1v) is 10.3. The molecule has 28 heavy (non-hydrogen) atoms. The third-order valence-corrected chi connectivity index (χ3v) is 4.73. The molecule has 8 heteroatoms. The topological polar surface area (TPSA) is 64.1 Å². The van der Waals surface area contributed by atoms with Crippen molar-refractivity contribution in [1.29, 1.82) is 0 Å². The van der Waals surface area contributed by atoms with Gasteiger partial charge in [0.1, 0.15) is 0 Å². The number of benzene rings is 2. The Morgan fingerprint density at radius 2 is 2.00 bits per heavy atom. The molecule has 148 valence electrons. The van der Waals surface area contributed by atoms with Crippen LogP contribution >= 0.6 is 28.1 Å². The van der Waals surface area contributed by atoms with E-state index >= 15 is 0 Å². The predicted molar refractivity (Wildman–Crippen MR) is 117 cm³/mol. The molecular weight excluding hydrogens is 440 g/mol. The highest BCUT2D eigenvalue weighted by atomic mass is 79.9. The van der Waals surface area contributed by atoms with Crippen LogP contribution in [0.4, 0.5) is 0 Å². The number of aromatic amines is 1. The van der Waals surface area contributed by atoms with E-state index in [1.807, 2.05) is 63.2 Å². The number of nitrogens with one attached hydrogen (secondary N) is 2. The second kappa shape index (κ2) is 9.25. The van der Waals surface area contributed by atoms with Gasteiger partial charge in [0, 0.05) is 5.56 Å². The molecule has 0 aliphatic carbocycles. The average molecular weight is 463 g/mol. The summed E-state index contributed by atoms with van der Waals surface area (Å²) in [7, 11) is 0. The summed E-state index contributed by atoms with van der Waals surface area (Å²) in [5.74, 6) is 2.15. The fourth-order valence-electron chi connectivity index (χ4n) is 2.73. The van der Waals surface area contributed by atoms with Crippen LogP contribution in [0.2, 0.25) is 0 Å². The molecule has 1 aromatic heterocycles. The first kappa shape index (κ1) is 20.4. The molecule has 3 rings (SSSR count). The largest absolute Gasteiger partial charge is 0.490 e. The summed E-state index contributed by atoms with van der Waals surface area (Å²) in [5.41, 5.74) is 5.33. The minimum Gasteiger partial charge on any atom is -0.490 e. The summed E-state index contributed by atoms with van der Waals surface area (Å²) in [6.45, 7) is 7.03. The lowest BCUT2D eigenvalue weighted by molar-refractivity contribution is 0.222. The average Bonchev–Trinajstić information content (AvgIpc) is 3.04. The van der Waals surface area contributed by atoms with Crippen molar-refractivity contribution in [2.24, 2.45) is 0 Å². The first-order chi connectivity index (χ1) is 13.5. The number of hydrogen-bond donors (Lipinski definition) is 2. The Bertz CT molecular complexity index is 986. The molecule has 0 bridgehead atoms. The zero-order chi connectivity index (χ0) is 20.1. The van der Waals surface area contributed by atoms with Crippen molar-refractivity contribution < 1.29 is 9.47 Å². The predicted octanol–water partition coefficient (Wildman–Crippen LogP) is 5.30. The van der Waals surface area contributed by atoms with Crippen LogP contribution in [0.1, 0.15) is 26.3 Å². The van der Waals surface area contributed by atoms with E-state index in [0.717, 1.165) is 21.4 Å². The Kier molecular flexibility index (Phi) is 6.74. The van der Waals surface area contributed by atoms with Gasteiger partial charge in [0.05, 0.1) is 23.7 Å². The van der Waals surface area contributed by atoms with Crippen molar-refractivity contribution in [1.82, 2.24) is 14.9 Å². The lowest BCUT2D eigenvalue weighted by Gasteiger charge is -2.18. The van der Waals surface area contributed by atoms with Gasteiger partial charge in [-0.05, 0) is 66.6 Å². The lowest BCUT2D eigenvalue weighted by atomic mass is 10.2. The van der Waals surface area contributed by atoms with Crippen molar-refractivity contribution in [3.63, 3.8) is 0 Å². The standard InChI is InChI=1S/C20H23BrN4O2S/c1-4-26-17-11-14(10-16(21)18(17)27-13(2)3)12-22-25-19(23-24-20(25)28)15-8-6-5-7-9-15/h5-11,13,22H,4,12H2,1-3H3,(H,24,28). The Morgan fingerprint density at radius 1 is 1.25 bits per heavy atom. The molecule has 2 N–H and O–H groups in total. The molecule has 0 spiro atoms. The number of hydrogen-bond acceptors (Lipinski definition) is 5. The number of H-pyrrole nitrogens is 1. The van der Waals surface area contributed by atoms with Crippen LogP contribution in [0.25, 0.3) is 11.4 Å². The van der Waals surface area contributed by atoms with Gasteiger partial charge in [0.25, 0.3) is 0 Å². The maximum atomic E-state index is 5.90. The zero-order valence-electron chi connectivity index (χ0n) is 16.0. The maximum Gasteiger partial charge on any atom is 0.214 e. The van der Waals surface area contributed by atoms with Crippen LogP contribution in [-0.4, -0.2) is 27.6 Å². The highest BCUT2D eigenvalue weighted by Crippen LogP contribution is 2.37. The van der Waals surface area contributed by atoms with Crippen LogP contribution in [0.3, 0.4) is 0 Å². The highest BCUT2D eigenvalue weighted by Gasteiger charge is 2.14. The monoisotopic (exact) mass is 462 g/mol. The molecule has 6 nitrogen and oxygen atoms in total. The molecule has 0 atom stereocenters. The van der Waals surface area contributed by atoms with E-state index in [9.17, 15) is 0 Å². The van der Waals surface area contributed by atoms with Gasteiger partial charge in [-0.15, -0.1) is 0 Å². The van der Waals surface area contributed by atoms with Crippen molar-refractivity contribution in [3.05, 3.63) is 57.3 Å². The van der Waals surface area contributed by atoms with Gasteiger partial charge in [-0.3, -0.25) is 0 Å². The van der Waals surface area contributed by atoms with Crippen LogP contribution < -0.4 is 14.9 Å².